The van der Waals surface area contributed by atoms with Gasteiger partial charge in [-0.2, -0.15) is 10.2 Å². The minimum absolute atomic E-state index is 0. The molecule has 0 spiro atoms. The molecule has 0 radical (unpaired) electrons. The fourth-order valence-electron chi connectivity index (χ4n) is 5.33. The molecule has 4 aromatic rings. The third kappa shape index (κ3) is 4.78. The molecule has 2 amide bonds. The summed E-state index contributed by atoms with van der Waals surface area (Å²) in [5.41, 5.74) is 3.57. The number of fused-ring (bicyclic) bond motifs is 1. The van der Waals surface area contributed by atoms with Crippen molar-refractivity contribution in [2.24, 2.45) is 11.8 Å². The SMILES string of the molecule is CC(C)C1CN(CC2CCNCC2)C(=O)N1c1ccn2ncc(-c3ccc(-c4nc[nH]n4)cc3)c2n1.Cl. The lowest BCUT2D eigenvalue weighted by Crippen LogP contribution is -2.40. The normalized spacial score (nSPS) is 18.7. The molecule has 11 heteroatoms. The average Bonchev–Trinajstić information content (AvgIpc) is 3.64. The fourth-order valence-corrected chi connectivity index (χ4v) is 5.33. The van der Waals surface area contributed by atoms with Crippen molar-refractivity contribution in [3.05, 3.63) is 49.1 Å². The first-order valence-corrected chi connectivity index (χ1v) is 12.7. The lowest BCUT2D eigenvalue weighted by molar-refractivity contribution is 0.202. The maximum Gasteiger partial charge on any atom is 0.326 e. The van der Waals surface area contributed by atoms with Crippen molar-refractivity contribution in [1.82, 2.24) is 40.0 Å². The summed E-state index contributed by atoms with van der Waals surface area (Å²) in [6.45, 7) is 7.98. The lowest BCUT2D eigenvalue weighted by Gasteiger charge is -2.27. The Morgan fingerprint density at radius 2 is 1.84 bits per heavy atom. The summed E-state index contributed by atoms with van der Waals surface area (Å²) in [6.07, 6.45) is 7.52. The van der Waals surface area contributed by atoms with Crippen LogP contribution in [-0.4, -0.2) is 72.9 Å². The van der Waals surface area contributed by atoms with Gasteiger partial charge in [-0.1, -0.05) is 38.1 Å². The number of halogens is 1. The molecule has 194 valence electrons. The molecule has 37 heavy (non-hydrogen) atoms. The van der Waals surface area contributed by atoms with Crippen molar-refractivity contribution in [1.29, 1.82) is 0 Å². The summed E-state index contributed by atoms with van der Waals surface area (Å²) in [6, 6.07) is 10.1. The number of nitrogens with zero attached hydrogens (tertiary/aromatic N) is 7. The molecule has 2 fully saturated rings. The van der Waals surface area contributed by atoms with Crippen molar-refractivity contribution in [3.63, 3.8) is 0 Å². The van der Waals surface area contributed by atoms with Crippen LogP contribution in [0.5, 0.6) is 0 Å². The van der Waals surface area contributed by atoms with Gasteiger partial charge in [-0.3, -0.25) is 10.00 Å². The molecule has 0 saturated carbocycles. The van der Waals surface area contributed by atoms with Crippen LogP contribution < -0.4 is 10.2 Å². The second kappa shape index (κ2) is 10.5. The second-order valence-corrected chi connectivity index (χ2v) is 10.1. The summed E-state index contributed by atoms with van der Waals surface area (Å²) in [7, 11) is 0. The number of rotatable bonds is 6. The number of urea groups is 1. The summed E-state index contributed by atoms with van der Waals surface area (Å²) in [5.74, 6) is 2.21. The van der Waals surface area contributed by atoms with Crippen molar-refractivity contribution >= 4 is 29.9 Å². The monoisotopic (exact) mass is 521 g/mol. The van der Waals surface area contributed by atoms with Gasteiger partial charge in [0, 0.05) is 30.4 Å². The number of H-pyrrole nitrogens is 1. The molecule has 5 heterocycles. The Labute approximate surface area is 221 Å². The third-order valence-corrected chi connectivity index (χ3v) is 7.39. The number of benzene rings is 1. The second-order valence-electron chi connectivity index (χ2n) is 10.1. The number of aromatic amines is 1. The quantitative estimate of drug-likeness (QED) is 0.399. The molecule has 3 aromatic heterocycles. The zero-order valence-corrected chi connectivity index (χ0v) is 21.9. The van der Waals surface area contributed by atoms with Crippen molar-refractivity contribution in [3.8, 4) is 22.5 Å². The molecule has 6 rings (SSSR count). The zero-order valence-electron chi connectivity index (χ0n) is 21.0. The van der Waals surface area contributed by atoms with Gasteiger partial charge in [-0.05, 0) is 49.4 Å². The number of carbonyl (C=O) groups excluding carboxylic acids is 1. The van der Waals surface area contributed by atoms with E-state index >= 15 is 0 Å². The van der Waals surface area contributed by atoms with Crippen molar-refractivity contribution in [2.75, 3.05) is 31.1 Å². The Bertz CT molecular complexity index is 1350. The van der Waals surface area contributed by atoms with Crippen LogP contribution in [0.25, 0.3) is 28.2 Å². The molecule has 2 N–H and O–H groups in total. The summed E-state index contributed by atoms with van der Waals surface area (Å²) in [5, 5.41) is 14.8. The fraction of sp³-hybridized carbons (Fsp3) is 0.423. The first kappa shape index (κ1) is 25.2. The highest BCUT2D eigenvalue weighted by atomic mass is 35.5. The predicted molar refractivity (Wildman–Crippen MR) is 145 cm³/mol. The van der Waals surface area contributed by atoms with Crippen LogP contribution in [-0.2, 0) is 0 Å². The van der Waals surface area contributed by atoms with E-state index in [0.717, 1.165) is 61.4 Å². The predicted octanol–water partition coefficient (Wildman–Crippen LogP) is 3.87. The van der Waals surface area contributed by atoms with Crippen LogP contribution in [0.15, 0.2) is 49.1 Å². The van der Waals surface area contributed by atoms with E-state index < -0.39 is 0 Å². The standard InChI is InChI=1S/C26H31N9O.ClH/c1-17(2)22-15-33(14-18-7-10-27-11-8-18)26(36)35(22)23-9-12-34-25(31-23)21(13-30-34)19-3-5-20(6-4-19)24-28-16-29-32-24;/h3-6,9,12-13,16-18,22,27H,7-8,10-11,14-15H2,1-2H3,(H,28,29,32);1H. The van der Waals surface area contributed by atoms with Crippen LogP contribution in [0.2, 0.25) is 0 Å². The third-order valence-electron chi connectivity index (χ3n) is 7.39. The van der Waals surface area contributed by atoms with E-state index in [-0.39, 0.29) is 24.5 Å². The van der Waals surface area contributed by atoms with Gasteiger partial charge in [0.15, 0.2) is 11.5 Å². The Morgan fingerprint density at radius 1 is 1.08 bits per heavy atom. The molecule has 2 aliphatic heterocycles. The highest BCUT2D eigenvalue weighted by molar-refractivity contribution is 5.94. The van der Waals surface area contributed by atoms with E-state index in [9.17, 15) is 4.79 Å². The van der Waals surface area contributed by atoms with E-state index in [1.807, 2.05) is 52.5 Å². The van der Waals surface area contributed by atoms with Gasteiger partial charge < -0.3 is 10.2 Å². The highest BCUT2D eigenvalue weighted by Gasteiger charge is 2.41. The first-order valence-electron chi connectivity index (χ1n) is 12.7. The molecular weight excluding hydrogens is 490 g/mol. The minimum atomic E-state index is 0. The largest absolute Gasteiger partial charge is 0.326 e. The maximum absolute atomic E-state index is 13.6. The van der Waals surface area contributed by atoms with Crippen molar-refractivity contribution < 1.29 is 4.79 Å². The summed E-state index contributed by atoms with van der Waals surface area (Å²) >= 11 is 0. The maximum atomic E-state index is 13.6. The van der Waals surface area contributed by atoms with Gasteiger partial charge in [-0.25, -0.2) is 19.3 Å². The van der Waals surface area contributed by atoms with E-state index in [4.69, 9.17) is 4.98 Å². The van der Waals surface area contributed by atoms with Crippen LogP contribution in [0.1, 0.15) is 26.7 Å². The average molecular weight is 522 g/mol. The molecule has 0 aliphatic carbocycles. The van der Waals surface area contributed by atoms with Crippen LogP contribution in [0, 0.1) is 11.8 Å². The van der Waals surface area contributed by atoms with Gasteiger partial charge in [0.25, 0.3) is 0 Å². The van der Waals surface area contributed by atoms with Gasteiger partial charge in [0.1, 0.15) is 12.1 Å². The first-order chi connectivity index (χ1) is 17.6. The Balaban J connectivity index is 0.00000280. The molecule has 2 aliphatic rings. The van der Waals surface area contributed by atoms with E-state index in [0.29, 0.717) is 23.5 Å². The zero-order chi connectivity index (χ0) is 24.6. The number of hydrogen-bond acceptors (Lipinski definition) is 6. The van der Waals surface area contributed by atoms with Crippen LogP contribution >= 0.6 is 12.4 Å². The van der Waals surface area contributed by atoms with E-state index in [1.165, 1.54) is 0 Å². The van der Waals surface area contributed by atoms with Crippen molar-refractivity contribution in [2.45, 2.75) is 32.7 Å². The lowest BCUT2D eigenvalue weighted by atomic mass is 9.97. The smallest absolute Gasteiger partial charge is 0.322 e. The molecule has 2 saturated heterocycles. The number of carbonyl (C=O) groups is 1. The molecule has 1 aromatic carbocycles. The number of nitrogens with one attached hydrogen (secondary N) is 2. The van der Waals surface area contributed by atoms with Crippen LogP contribution in [0.4, 0.5) is 10.6 Å². The van der Waals surface area contributed by atoms with Gasteiger partial charge in [0.2, 0.25) is 0 Å². The number of aromatic nitrogens is 6. The summed E-state index contributed by atoms with van der Waals surface area (Å²) in [4.78, 5) is 26.7. The Hall–Kier alpha value is -3.50. The Morgan fingerprint density at radius 3 is 2.54 bits per heavy atom. The number of hydrogen-bond donors (Lipinski definition) is 2. The number of piperidine rings is 1. The molecular formula is C26H32ClN9O. The van der Waals surface area contributed by atoms with Crippen LogP contribution in [0.3, 0.4) is 0 Å². The number of amides is 2. The van der Waals surface area contributed by atoms with E-state index in [2.05, 4.69) is 39.4 Å². The summed E-state index contributed by atoms with van der Waals surface area (Å²) < 4.78 is 1.76. The van der Waals surface area contributed by atoms with Gasteiger partial charge in [-0.15, -0.1) is 12.4 Å². The molecule has 0 bridgehead atoms. The topological polar surface area (TPSA) is 107 Å². The molecule has 10 nitrogen and oxygen atoms in total. The van der Waals surface area contributed by atoms with Gasteiger partial charge >= 0.3 is 6.03 Å². The molecule has 1 atom stereocenters. The minimum Gasteiger partial charge on any atom is -0.322 e. The van der Waals surface area contributed by atoms with Gasteiger partial charge in [0.05, 0.1) is 12.2 Å². The van der Waals surface area contributed by atoms with E-state index in [1.54, 1.807) is 10.8 Å². The highest BCUT2D eigenvalue weighted by Crippen LogP contribution is 2.31. The molecule has 1 unspecified atom stereocenters. The number of anilines is 1. The Kier molecular flexibility index (Phi) is 7.12.